The average Bonchev–Trinajstić information content (AvgIpc) is 2.80. The first-order valence-corrected chi connectivity index (χ1v) is 9.99. The Labute approximate surface area is 181 Å². The normalized spacial score (nSPS) is 12.3. The van der Waals surface area contributed by atoms with E-state index in [1.807, 2.05) is 42.5 Å². The molecule has 0 spiro atoms. The van der Waals surface area contributed by atoms with Gasteiger partial charge in [-0.25, -0.2) is 0 Å². The van der Waals surface area contributed by atoms with Crippen LogP contribution in [-0.2, 0) is 14.3 Å². The molecule has 0 radical (unpaired) electrons. The van der Waals surface area contributed by atoms with Gasteiger partial charge in [-0.15, -0.1) is 0 Å². The monoisotopic (exact) mass is 416 g/mol. The van der Waals surface area contributed by atoms with Crippen molar-refractivity contribution in [2.24, 2.45) is 0 Å². The highest BCUT2D eigenvalue weighted by Crippen LogP contribution is 2.19. The van der Waals surface area contributed by atoms with Crippen LogP contribution in [-0.4, -0.2) is 23.9 Å². The van der Waals surface area contributed by atoms with Crippen molar-refractivity contribution in [2.45, 2.75) is 25.5 Å². The fourth-order valence-electron chi connectivity index (χ4n) is 3.00. The third-order valence-corrected chi connectivity index (χ3v) is 4.63. The van der Waals surface area contributed by atoms with E-state index in [1.165, 1.54) is 6.92 Å². The van der Waals surface area contributed by atoms with Gasteiger partial charge in [0.1, 0.15) is 0 Å². The van der Waals surface area contributed by atoms with Gasteiger partial charge in [-0.2, -0.15) is 0 Å². The second kappa shape index (κ2) is 10.7. The Bertz CT molecular complexity index is 1010. The first-order valence-electron chi connectivity index (χ1n) is 9.99. The maximum Gasteiger partial charge on any atom is 0.309 e. The van der Waals surface area contributed by atoms with Crippen molar-refractivity contribution >= 4 is 23.5 Å². The van der Waals surface area contributed by atoms with Crippen molar-refractivity contribution in [3.63, 3.8) is 0 Å². The number of benzene rings is 3. The molecule has 0 heterocycles. The highest BCUT2D eigenvalue weighted by atomic mass is 16.5. The second-order valence-electron chi connectivity index (χ2n) is 6.99. The zero-order valence-corrected chi connectivity index (χ0v) is 17.2. The minimum Gasteiger partial charge on any atom is -0.452 e. The number of para-hydroxylation sites is 1. The van der Waals surface area contributed by atoms with Crippen LogP contribution in [0.3, 0.4) is 0 Å². The second-order valence-corrected chi connectivity index (χ2v) is 6.99. The van der Waals surface area contributed by atoms with Gasteiger partial charge in [-0.05, 0) is 36.8 Å². The molecule has 31 heavy (non-hydrogen) atoms. The number of carbonyl (C=O) groups is 3. The Kier molecular flexibility index (Phi) is 7.54. The largest absolute Gasteiger partial charge is 0.452 e. The molecular formula is C25H24N2O4. The first-order chi connectivity index (χ1) is 15.0. The van der Waals surface area contributed by atoms with Crippen molar-refractivity contribution in [3.05, 3.63) is 102 Å². The maximum absolute atomic E-state index is 12.6. The van der Waals surface area contributed by atoms with Gasteiger partial charge in [0, 0.05) is 11.3 Å². The Morgan fingerprint density at radius 1 is 0.806 bits per heavy atom. The SMILES string of the molecule is C[C@@H](OC(=O)C[C@@H](NC(=O)c1ccccc1)c1ccccc1)C(=O)Nc1ccccc1. The molecule has 0 aliphatic heterocycles. The molecule has 0 bridgehead atoms. The summed E-state index contributed by atoms with van der Waals surface area (Å²) in [5.41, 5.74) is 1.88. The zero-order valence-electron chi connectivity index (χ0n) is 17.2. The number of esters is 1. The molecule has 2 atom stereocenters. The first kappa shape index (κ1) is 21.8. The van der Waals surface area contributed by atoms with Gasteiger partial charge in [0.2, 0.25) is 0 Å². The molecule has 158 valence electrons. The lowest BCUT2D eigenvalue weighted by molar-refractivity contribution is -0.153. The summed E-state index contributed by atoms with van der Waals surface area (Å²) in [6, 6.07) is 26.3. The summed E-state index contributed by atoms with van der Waals surface area (Å²) in [4.78, 5) is 37.5. The van der Waals surface area contributed by atoms with Crippen molar-refractivity contribution in [3.8, 4) is 0 Å². The summed E-state index contributed by atoms with van der Waals surface area (Å²) in [7, 11) is 0. The Hall–Kier alpha value is -3.93. The van der Waals surface area contributed by atoms with Gasteiger partial charge in [0.25, 0.3) is 11.8 Å². The Balaban J connectivity index is 1.64. The van der Waals surface area contributed by atoms with E-state index in [2.05, 4.69) is 10.6 Å². The van der Waals surface area contributed by atoms with Crippen LogP contribution in [0.4, 0.5) is 5.69 Å². The molecule has 6 heteroatoms. The lowest BCUT2D eigenvalue weighted by Crippen LogP contribution is -2.33. The third-order valence-electron chi connectivity index (χ3n) is 4.63. The summed E-state index contributed by atoms with van der Waals surface area (Å²) in [6.45, 7) is 1.51. The molecule has 3 rings (SSSR count). The number of carbonyl (C=O) groups excluding carboxylic acids is 3. The molecule has 3 aromatic rings. The molecule has 0 aliphatic rings. The van der Waals surface area contributed by atoms with Gasteiger partial charge in [0.15, 0.2) is 6.10 Å². The fraction of sp³-hybridized carbons (Fsp3) is 0.160. The summed E-state index contributed by atoms with van der Waals surface area (Å²) >= 11 is 0. The topological polar surface area (TPSA) is 84.5 Å². The Morgan fingerprint density at radius 3 is 1.97 bits per heavy atom. The molecular weight excluding hydrogens is 392 g/mol. The van der Waals surface area contributed by atoms with Crippen LogP contribution in [0.25, 0.3) is 0 Å². The van der Waals surface area contributed by atoms with E-state index >= 15 is 0 Å². The summed E-state index contributed by atoms with van der Waals surface area (Å²) < 4.78 is 5.32. The number of amides is 2. The van der Waals surface area contributed by atoms with E-state index < -0.39 is 24.0 Å². The van der Waals surface area contributed by atoms with E-state index in [-0.39, 0.29) is 12.3 Å². The summed E-state index contributed by atoms with van der Waals surface area (Å²) in [5, 5.41) is 5.58. The Morgan fingerprint density at radius 2 is 1.35 bits per heavy atom. The van der Waals surface area contributed by atoms with Crippen LogP contribution >= 0.6 is 0 Å². The van der Waals surface area contributed by atoms with Gasteiger partial charge >= 0.3 is 5.97 Å². The number of nitrogens with one attached hydrogen (secondary N) is 2. The summed E-state index contributed by atoms with van der Waals surface area (Å²) in [6.07, 6.45) is -1.08. The highest BCUT2D eigenvalue weighted by molar-refractivity contribution is 5.96. The van der Waals surface area contributed by atoms with Crippen LogP contribution < -0.4 is 10.6 Å². The third kappa shape index (κ3) is 6.54. The maximum atomic E-state index is 12.6. The van der Waals surface area contributed by atoms with Gasteiger partial charge in [-0.1, -0.05) is 66.7 Å². The minimum atomic E-state index is -0.978. The molecule has 0 unspecified atom stereocenters. The predicted molar refractivity (Wildman–Crippen MR) is 118 cm³/mol. The molecule has 2 amide bonds. The average molecular weight is 416 g/mol. The lowest BCUT2D eigenvalue weighted by atomic mass is 10.0. The molecule has 0 aromatic heterocycles. The van der Waals surface area contributed by atoms with Crippen LogP contribution in [0.5, 0.6) is 0 Å². The quantitative estimate of drug-likeness (QED) is 0.541. The number of anilines is 1. The molecule has 3 aromatic carbocycles. The van der Waals surface area contributed by atoms with Crippen LogP contribution in [0.15, 0.2) is 91.0 Å². The van der Waals surface area contributed by atoms with Crippen molar-refractivity contribution in [2.75, 3.05) is 5.32 Å². The predicted octanol–water partition coefficient (Wildman–Crippen LogP) is 4.12. The van der Waals surface area contributed by atoms with Crippen LogP contribution in [0, 0.1) is 0 Å². The molecule has 6 nitrogen and oxygen atoms in total. The summed E-state index contributed by atoms with van der Waals surface area (Å²) in [5.74, 6) is -1.31. The van der Waals surface area contributed by atoms with Crippen molar-refractivity contribution in [1.29, 1.82) is 0 Å². The fourth-order valence-corrected chi connectivity index (χ4v) is 3.00. The smallest absolute Gasteiger partial charge is 0.309 e. The lowest BCUT2D eigenvalue weighted by Gasteiger charge is -2.20. The van der Waals surface area contributed by atoms with Crippen molar-refractivity contribution < 1.29 is 19.1 Å². The number of hydrogen-bond acceptors (Lipinski definition) is 4. The molecule has 0 aliphatic carbocycles. The van der Waals surface area contributed by atoms with Gasteiger partial charge in [0.05, 0.1) is 12.5 Å². The van der Waals surface area contributed by atoms with Gasteiger partial charge < -0.3 is 15.4 Å². The molecule has 0 saturated carbocycles. The molecule has 0 fully saturated rings. The van der Waals surface area contributed by atoms with E-state index in [0.29, 0.717) is 11.3 Å². The molecule has 0 saturated heterocycles. The zero-order chi connectivity index (χ0) is 22.1. The van der Waals surface area contributed by atoms with Gasteiger partial charge in [-0.3, -0.25) is 14.4 Å². The molecule has 2 N–H and O–H groups in total. The number of ether oxygens (including phenoxy) is 1. The van der Waals surface area contributed by atoms with Crippen molar-refractivity contribution in [1.82, 2.24) is 5.32 Å². The van der Waals surface area contributed by atoms with E-state index in [4.69, 9.17) is 4.74 Å². The highest BCUT2D eigenvalue weighted by Gasteiger charge is 2.23. The number of hydrogen-bond donors (Lipinski definition) is 2. The number of rotatable bonds is 8. The minimum absolute atomic E-state index is 0.106. The van der Waals surface area contributed by atoms with E-state index in [0.717, 1.165) is 5.56 Å². The van der Waals surface area contributed by atoms with E-state index in [9.17, 15) is 14.4 Å². The van der Waals surface area contributed by atoms with Crippen LogP contribution in [0.2, 0.25) is 0 Å². The van der Waals surface area contributed by atoms with E-state index in [1.54, 1.807) is 48.5 Å². The standard InChI is InChI=1S/C25H24N2O4/c1-18(24(29)26-21-15-9-4-10-16-21)31-23(28)17-22(19-11-5-2-6-12-19)27-25(30)20-13-7-3-8-14-20/h2-16,18,22H,17H2,1H3,(H,26,29)(H,27,30)/t18-,22-/m1/s1. The van der Waals surface area contributed by atoms with Crippen LogP contribution in [0.1, 0.15) is 35.3 Å².